The van der Waals surface area contributed by atoms with Crippen molar-refractivity contribution in [3.63, 3.8) is 0 Å². The SMILES string of the molecule is NC(N)=N[NH+]=Cc1ccc(O)cc1. The molecule has 0 atom stereocenters. The van der Waals surface area contributed by atoms with Gasteiger partial charge in [-0.25, -0.2) is 0 Å². The summed E-state index contributed by atoms with van der Waals surface area (Å²) < 4.78 is 0. The summed E-state index contributed by atoms with van der Waals surface area (Å²) in [5, 5.41) is 15.1. The molecule has 1 rings (SSSR count). The molecule has 6 N–H and O–H groups in total. The number of phenols is 1. The number of nitrogens with one attached hydrogen (secondary N) is 1. The van der Waals surface area contributed by atoms with E-state index in [9.17, 15) is 0 Å². The fourth-order valence-electron chi connectivity index (χ4n) is 0.752. The molecule has 0 aliphatic heterocycles. The first-order chi connectivity index (χ1) is 6.18. The summed E-state index contributed by atoms with van der Waals surface area (Å²) in [6.45, 7) is 0. The number of phenolic OH excluding ortho intramolecular Hbond substituents is 1. The summed E-state index contributed by atoms with van der Waals surface area (Å²) in [7, 11) is 0. The molecule has 1 aromatic carbocycles. The normalized spacial score (nSPS) is 10.2. The number of guanidine groups is 1. The molecule has 0 amide bonds. The minimum Gasteiger partial charge on any atom is -0.508 e. The van der Waals surface area contributed by atoms with Crippen molar-refractivity contribution in [2.75, 3.05) is 0 Å². The van der Waals surface area contributed by atoms with E-state index in [1.807, 2.05) is 0 Å². The molecule has 0 saturated heterocycles. The average Bonchev–Trinajstić information content (AvgIpc) is 2.08. The van der Waals surface area contributed by atoms with Crippen LogP contribution >= 0.6 is 0 Å². The Morgan fingerprint density at radius 2 is 1.92 bits per heavy atom. The Morgan fingerprint density at radius 1 is 1.31 bits per heavy atom. The minimum absolute atomic E-state index is 0.0324. The molecule has 13 heavy (non-hydrogen) atoms. The average molecular weight is 179 g/mol. The van der Waals surface area contributed by atoms with Crippen molar-refractivity contribution in [1.82, 2.24) is 0 Å². The molecule has 5 heteroatoms. The summed E-state index contributed by atoms with van der Waals surface area (Å²) in [6.07, 6.45) is 1.61. The van der Waals surface area contributed by atoms with Gasteiger partial charge in [0.1, 0.15) is 5.75 Å². The van der Waals surface area contributed by atoms with Gasteiger partial charge in [0.25, 0.3) is 5.96 Å². The van der Waals surface area contributed by atoms with Gasteiger partial charge in [-0.05, 0) is 24.3 Å². The highest BCUT2D eigenvalue weighted by Gasteiger charge is 1.91. The van der Waals surface area contributed by atoms with Gasteiger partial charge in [-0.1, -0.05) is 0 Å². The first kappa shape index (κ1) is 9.05. The van der Waals surface area contributed by atoms with Crippen molar-refractivity contribution >= 4 is 12.2 Å². The summed E-state index contributed by atoms with van der Waals surface area (Å²) in [5.41, 5.74) is 11.0. The molecule has 0 aliphatic carbocycles. The second kappa shape index (κ2) is 4.10. The van der Waals surface area contributed by atoms with Crippen LogP contribution in [0.3, 0.4) is 0 Å². The summed E-state index contributed by atoms with van der Waals surface area (Å²) >= 11 is 0. The van der Waals surface area contributed by atoms with Crippen LogP contribution in [0.25, 0.3) is 0 Å². The van der Waals surface area contributed by atoms with Crippen molar-refractivity contribution in [2.24, 2.45) is 16.6 Å². The van der Waals surface area contributed by atoms with E-state index in [4.69, 9.17) is 16.6 Å². The van der Waals surface area contributed by atoms with E-state index in [2.05, 4.69) is 10.2 Å². The van der Waals surface area contributed by atoms with Gasteiger partial charge in [0.15, 0.2) is 0 Å². The highest BCUT2D eigenvalue weighted by Crippen LogP contribution is 2.06. The Kier molecular flexibility index (Phi) is 2.86. The Labute approximate surface area is 75.4 Å². The second-order valence-electron chi connectivity index (χ2n) is 2.40. The Balaban J connectivity index is 2.70. The van der Waals surface area contributed by atoms with Crippen molar-refractivity contribution in [3.8, 4) is 5.75 Å². The number of nitrogens with zero attached hydrogens (tertiary/aromatic N) is 1. The van der Waals surface area contributed by atoms with E-state index >= 15 is 0 Å². The fourth-order valence-corrected chi connectivity index (χ4v) is 0.752. The summed E-state index contributed by atoms with van der Waals surface area (Å²) in [4.78, 5) is 0. The topological polar surface area (TPSA) is 98.6 Å². The van der Waals surface area contributed by atoms with E-state index in [1.54, 1.807) is 30.5 Å². The molecule has 0 aromatic heterocycles. The van der Waals surface area contributed by atoms with Crippen LogP contribution in [0.1, 0.15) is 5.56 Å². The molecule has 0 unspecified atom stereocenters. The number of hydrazone groups is 1. The zero-order chi connectivity index (χ0) is 9.68. The van der Waals surface area contributed by atoms with Crippen LogP contribution in [0.2, 0.25) is 0 Å². The van der Waals surface area contributed by atoms with E-state index < -0.39 is 0 Å². The largest absolute Gasteiger partial charge is 0.508 e. The lowest BCUT2D eigenvalue weighted by Gasteiger charge is -1.88. The van der Waals surface area contributed by atoms with Crippen LogP contribution < -0.4 is 16.6 Å². The molecule has 0 bridgehead atoms. The summed E-state index contributed by atoms with van der Waals surface area (Å²) in [6, 6.07) is 6.60. The van der Waals surface area contributed by atoms with Crippen molar-refractivity contribution in [3.05, 3.63) is 29.8 Å². The van der Waals surface area contributed by atoms with Gasteiger partial charge in [0.05, 0.1) is 0 Å². The molecule has 0 spiro atoms. The van der Waals surface area contributed by atoms with Crippen LogP contribution in [-0.2, 0) is 0 Å². The van der Waals surface area contributed by atoms with Gasteiger partial charge >= 0.3 is 0 Å². The zero-order valence-electron chi connectivity index (χ0n) is 6.94. The van der Waals surface area contributed by atoms with Gasteiger partial charge in [-0.2, -0.15) is 0 Å². The molecular formula is C8H11N4O+. The van der Waals surface area contributed by atoms with Crippen LogP contribution in [0.15, 0.2) is 29.4 Å². The highest BCUT2D eigenvalue weighted by atomic mass is 16.3. The number of hydrogen-bond acceptors (Lipinski definition) is 2. The predicted octanol–water partition coefficient (Wildman–Crippen LogP) is -1.92. The number of rotatable bonds is 2. The van der Waals surface area contributed by atoms with E-state index in [0.717, 1.165) is 5.56 Å². The lowest BCUT2D eigenvalue weighted by atomic mass is 10.2. The third kappa shape index (κ3) is 3.24. The van der Waals surface area contributed by atoms with Crippen molar-refractivity contribution < 1.29 is 10.2 Å². The Morgan fingerprint density at radius 3 is 2.46 bits per heavy atom. The monoisotopic (exact) mass is 179 g/mol. The van der Waals surface area contributed by atoms with Crippen LogP contribution in [0.4, 0.5) is 0 Å². The molecular weight excluding hydrogens is 168 g/mol. The van der Waals surface area contributed by atoms with E-state index in [1.165, 1.54) is 0 Å². The Bertz CT molecular complexity index is 325. The first-order valence-electron chi connectivity index (χ1n) is 3.65. The van der Waals surface area contributed by atoms with Crippen molar-refractivity contribution in [1.29, 1.82) is 0 Å². The molecule has 0 fully saturated rings. The summed E-state index contributed by atoms with van der Waals surface area (Å²) in [5.74, 6) is 0.189. The van der Waals surface area contributed by atoms with Crippen LogP contribution in [0, 0.1) is 0 Å². The maximum Gasteiger partial charge on any atom is 0.256 e. The Hall–Kier alpha value is -2.04. The lowest BCUT2D eigenvalue weighted by Crippen LogP contribution is -2.63. The zero-order valence-corrected chi connectivity index (χ0v) is 6.94. The smallest absolute Gasteiger partial charge is 0.256 e. The first-order valence-corrected chi connectivity index (χ1v) is 3.65. The van der Waals surface area contributed by atoms with Crippen LogP contribution in [-0.4, -0.2) is 17.3 Å². The van der Waals surface area contributed by atoms with Gasteiger partial charge in [0, 0.05) is 10.7 Å². The molecule has 0 heterocycles. The minimum atomic E-state index is -0.0324. The lowest BCUT2D eigenvalue weighted by molar-refractivity contribution is -0.456. The number of benzene rings is 1. The molecule has 1 aromatic rings. The number of hydrogen-bond donors (Lipinski definition) is 4. The van der Waals surface area contributed by atoms with Gasteiger partial charge in [0.2, 0.25) is 6.21 Å². The van der Waals surface area contributed by atoms with Gasteiger partial charge in [-0.15, -0.1) is 5.10 Å². The predicted molar refractivity (Wildman–Crippen MR) is 50.0 cm³/mol. The fraction of sp³-hybridized carbons (Fsp3) is 0. The highest BCUT2D eigenvalue weighted by molar-refractivity contribution is 5.77. The maximum atomic E-state index is 8.97. The van der Waals surface area contributed by atoms with Gasteiger partial charge < -0.3 is 16.6 Å². The van der Waals surface area contributed by atoms with Gasteiger partial charge in [-0.3, -0.25) is 0 Å². The maximum absolute atomic E-state index is 8.97. The second-order valence-corrected chi connectivity index (χ2v) is 2.40. The third-order valence-electron chi connectivity index (χ3n) is 1.32. The third-order valence-corrected chi connectivity index (χ3v) is 1.32. The van der Waals surface area contributed by atoms with E-state index in [0.29, 0.717) is 0 Å². The quantitative estimate of drug-likeness (QED) is 0.242. The molecule has 0 saturated carbocycles. The molecule has 0 radical (unpaired) electrons. The standard InChI is InChI=1S/C8H10N4O/c9-8(10)12-11-5-6-1-3-7(13)4-2-6/h1-5,13H,(H4,9,10,12)/p+1. The van der Waals surface area contributed by atoms with E-state index in [-0.39, 0.29) is 11.7 Å². The molecule has 68 valence electrons. The number of aromatic hydroxyl groups is 1. The molecule has 5 nitrogen and oxygen atoms in total. The molecule has 0 aliphatic rings. The van der Waals surface area contributed by atoms with Crippen LogP contribution in [0.5, 0.6) is 5.75 Å². The van der Waals surface area contributed by atoms with Crippen molar-refractivity contribution in [2.45, 2.75) is 0 Å². The number of nitrogens with two attached hydrogens (primary N) is 2.